The largest absolute Gasteiger partial charge is 0.393 e. The number of fused-ring (bicyclic) bond motifs is 1. The average molecular weight is 654 g/mol. The number of amides is 2. The molecule has 2 amide bonds. The molecule has 6 rings (SSSR count). The van der Waals surface area contributed by atoms with E-state index in [0.717, 1.165) is 0 Å². The molecule has 3 aromatic rings. The van der Waals surface area contributed by atoms with Crippen LogP contribution in [0, 0.1) is 17.8 Å². The number of aromatic nitrogens is 6. The van der Waals surface area contributed by atoms with Crippen LogP contribution >= 0.6 is 0 Å². The van der Waals surface area contributed by atoms with Gasteiger partial charge in [-0.25, -0.2) is 18.3 Å². The van der Waals surface area contributed by atoms with Gasteiger partial charge in [0, 0.05) is 57.6 Å². The second-order valence-electron chi connectivity index (χ2n) is 12.2. The molecule has 0 aromatic carbocycles. The Bertz CT molecular complexity index is 1560. The highest BCUT2D eigenvalue weighted by Crippen LogP contribution is 2.41. The Kier molecular flexibility index (Phi) is 8.87. The predicted molar refractivity (Wildman–Crippen MR) is 153 cm³/mol. The standard InChI is InChI=1S/C29H36F5N9O3/c1-2-42-22(5-8-36-42)26(45)38-23(17-3-6-28(30,31)7-4-17)21-16-43-27(37-21)39-24(41-9-11-46-12-10-41)20(40-43)14-18-13-19(29(32,33)34)15-35-25(18)44/h5,8,16-19,23H,2-4,6-7,9-15H2,1H3,(H,35,44)(H,38,45)/t18-,19-,23+/m1/s1. The first-order valence-electron chi connectivity index (χ1n) is 15.6. The summed E-state index contributed by atoms with van der Waals surface area (Å²) in [6, 6.07) is 0.822. The van der Waals surface area contributed by atoms with Gasteiger partial charge in [-0.2, -0.15) is 28.4 Å². The van der Waals surface area contributed by atoms with E-state index in [-0.39, 0.29) is 50.2 Å². The van der Waals surface area contributed by atoms with E-state index in [1.54, 1.807) is 12.3 Å². The first kappa shape index (κ1) is 32.1. The van der Waals surface area contributed by atoms with E-state index in [1.165, 1.54) is 15.4 Å². The van der Waals surface area contributed by atoms with Gasteiger partial charge in [0.05, 0.1) is 37.1 Å². The van der Waals surface area contributed by atoms with Crippen LogP contribution in [-0.4, -0.2) is 86.1 Å². The summed E-state index contributed by atoms with van der Waals surface area (Å²) in [5, 5.41) is 14.2. The Morgan fingerprint density at radius 3 is 2.63 bits per heavy atom. The number of anilines is 1. The highest BCUT2D eigenvalue weighted by molar-refractivity contribution is 5.92. The van der Waals surface area contributed by atoms with E-state index < -0.39 is 48.3 Å². The van der Waals surface area contributed by atoms with E-state index in [9.17, 15) is 31.5 Å². The molecule has 2 N–H and O–H groups in total. The third kappa shape index (κ3) is 6.78. The molecule has 1 saturated carbocycles. The van der Waals surface area contributed by atoms with Gasteiger partial charge in [-0.3, -0.25) is 14.3 Å². The van der Waals surface area contributed by atoms with Gasteiger partial charge in [-0.05, 0) is 38.2 Å². The molecule has 3 atom stereocenters. The molecular weight excluding hydrogens is 617 g/mol. The highest BCUT2D eigenvalue weighted by Gasteiger charge is 2.45. The molecule has 0 bridgehead atoms. The highest BCUT2D eigenvalue weighted by atomic mass is 19.4. The topological polar surface area (TPSA) is 132 Å². The molecule has 0 spiro atoms. The fourth-order valence-electron chi connectivity index (χ4n) is 6.56. The summed E-state index contributed by atoms with van der Waals surface area (Å²) < 4.78 is 77.3. The Hall–Kier alpha value is -3.89. The van der Waals surface area contributed by atoms with Crippen molar-refractivity contribution in [2.75, 3.05) is 37.7 Å². The average Bonchev–Trinajstić information content (AvgIpc) is 3.67. The molecule has 46 heavy (non-hydrogen) atoms. The SMILES string of the molecule is CCn1nccc1C(=O)N[C@H](c1cn2nc(C[C@H]3C[C@@H](C(F)(F)F)CNC3=O)c(N3CCOCC3)nc2n1)C1CCC(F)(F)CC1. The molecule has 5 heterocycles. The summed E-state index contributed by atoms with van der Waals surface area (Å²) in [4.78, 5) is 37.4. The van der Waals surface area contributed by atoms with Gasteiger partial charge in [0.1, 0.15) is 11.4 Å². The lowest BCUT2D eigenvalue weighted by atomic mass is 9.81. The Balaban J connectivity index is 1.35. The smallest absolute Gasteiger partial charge is 0.378 e. The van der Waals surface area contributed by atoms with Gasteiger partial charge < -0.3 is 20.3 Å². The molecule has 17 heteroatoms. The molecule has 2 aliphatic heterocycles. The molecule has 1 aliphatic carbocycles. The van der Waals surface area contributed by atoms with Crippen LogP contribution in [0.4, 0.5) is 27.8 Å². The van der Waals surface area contributed by atoms with Crippen molar-refractivity contribution in [2.45, 2.75) is 70.1 Å². The molecule has 12 nitrogen and oxygen atoms in total. The van der Waals surface area contributed by atoms with Crippen molar-refractivity contribution in [2.24, 2.45) is 17.8 Å². The lowest BCUT2D eigenvalue weighted by Gasteiger charge is -2.33. The van der Waals surface area contributed by atoms with E-state index in [4.69, 9.17) is 14.8 Å². The third-order valence-electron chi connectivity index (χ3n) is 9.14. The van der Waals surface area contributed by atoms with Crippen LogP contribution in [-0.2, 0) is 22.5 Å². The van der Waals surface area contributed by atoms with Crippen molar-refractivity contribution in [1.82, 2.24) is 40.0 Å². The minimum atomic E-state index is -4.45. The van der Waals surface area contributed by atoms with E-state index in [2.05, 4.69) is 20.7 Å². The molecule has 0 unspecified atom stereocenters. The van der Waals surface area contributed by atoms with Crippen LogP contribution < -0.4 is 15.5 Å². The molecule has 3 aromatic heterocycles. The molecule has 3 aliphatic rings. The van der Waals surface area contributed by atoms with Crippen molar-refractivity contribution >= 4 is 23.4 Å². The third-order valence-corrected chi connectivity index (χ3v) is 9.14. The van der Waals surface area contributed by atoms with Crippen molar-refractivity contribution in [3.63, 3.8) is 0 Å². The quantitative estimate of drug-likeness (QED) is 0.354. The Labute approximate surface area is 261 Å². The van der Waals surface area contributed by atoms with Crippen LogP contribution in [0.15, 0.2) is 18.5 Å². The number of morpholine rings is 1. The Morgan fingerprint density at radius 2 is 1.93 bits per heavy atom. The summed E-state index contributed by atoms with van der Waals surface area (Å²) in [6.45, 7) is 3.54. The van der Waals surface area contributed by atoms with Gasteiger partial charge in [0.25, 0.3) is 11.7 Å². The number of hydrogen-bond donors (Lipinski definition) is 2. The van der Waals surface area contributed by atoms with E-state index >= 15 is 0 Å². The number of hydrogen-bond acceptors (Lipinski definition) is 8. The summed E-state index contributed by atoms with van der Waals surface area (Å²) in [5.74, 6) is -6.15. The minimum absolute atomic E-state index is 0.0829. The lowest BCUT2D eigenvalue weighted by molar-refractivity contribution is -0.183. The summed E-state index contributed by atoms with van der Waals surface area (Å²) in [6.07, 6.45) is -2.19. The van der Waals surface area contributed by atoms with Gasteiger partial charge in [-0.1, -0.05) is 0 Å². The first-order chi connectivity index (χ1) is 21.9. The van der Waals surface area contributed by atoms with Gasteiger partial charge in [0.2, 0.25) is 11.8 Å². The number of carbonyl (C=O) groups is 2. The summed E-state index contributed by atoms with van der Waals surface area (Å²) in [7, 11) is 0. The number of alkyl halides is 5. The maximum atomic E-state index is 14.1. The van der Waals surface area contributed by atoms with Gasteiger partial charge in [-0.15, -0.1) is 0 Å². The number of piperidine rings is 1. The summed E-state index contributed by atoms with van der Waals surface area (Å²) in [5.41, 5.74) is 1.00. The van der Waals surface area contributed by atoms with Crippen LogP contribution in [0.5, 0.6) is 0 Å². The zero-order valence-corrected chi connectivity index (χ0v) is 25.3. The monoisotopic (exact) mass is 653 g/mol. The van der Waals surface area contributed by atoms with Crippen LogP contribution in [0.2, 0.25) is 0 Å². The Morgan fingerprint density at radius 1 is 1.20 bits per heavy atom. The number of carbonyl (C=O) groups excluding carboxylic acids is 2. The normalized spacial score (nSPS) is 23.3. The fourth-order valence-corrected chi connectivity index (χ4v) is 6.56. The number of ether oxygens (including phenoxy) is 1. The number of aryl methyl sites for hydroxylation is 1. The van der Waals surface area contributed by atoms with Crippen molar-refractivity contribution in [3.8, 4) is 0 Å². The molecule has 250 valence electrons. The molecule has 2 saturated heterocycles. The van der Waals surface area contributed by atoms with E-state index in [0.29, 0.717) is 55.7 Å². The number of imidazole rings is 1. The first-order valence-corrected chi connectivity index (χ1v) is 15.6. The number of nitrogens with one attached hydrogen (secondary N) is 2. The number of nitrogens with zero attached hydrogens (tertiary/aromatic N) is 7. The fraction of sp³-hybridized carbons (Fsp3) is 0.655. The van der Waals surface area contributed by atoms with Crippen LogP contribution in [0.1, 0.15) is 66.9 Å². The predicted octanol–water partition coefficient (Wildman–Crippen LogP) is 3.33. The van der Waals surface area contributed by atoms with Crippen molar-refractivity contribution < 1.29 is 36.3 Å². The molecule has 0 radical (unpaired) electrons. The van der Waals surface area contributed by atoms with Crippen molar-refractivity contribution in [3.05, 3.63) is 35.5 Å². The lowest BCUT2D eigenvalue weighted by Crippen LogP contribution is -2.47. The maximum absolute atomic E-state index is 14.1. The number of halogens is 5. The number of rotatable bonds is 8. The maximum Gasteiger partial charge on any atom is 0.393 e. The summed E-state index contributed by atoms with van der Waals surface area (Å²) >= 11 is 0. The molecular formula is C29H36F5N9O3. The zero-order chi connectivity index (χ0) is 32.6. The second-order valence-corrected chi connectivity index (χ2v) is 12.2. The van der Waals surface area contributed by atoms with Crippen LogP contribution in [0.25, 0.3) is 5.78 Å². The van der Waals surface area contributed by atoms with Gasteiger partial charge in [0.15, 0.2) is 5.82 Å². The zero-order valence-electron chi connectivity index (χ0n) is 25.3. The molecule has 3 fully saturated rings. The second kappa shape index (κ2) is 12.7. The van der Waals surface area contributed by atoms with Crippen molar-refractivity contribution in [1.29, 1.82) is 0 Å². The van der Waals surface area contributed by atoms with E-state index in [1.807, 2.05) is 11.8 Å². The van der Waals surface area contributed by atoms with Gasteiger partial charge >= 0.3 is 6.18 Å². The van der Waals surface area contributed by atoms with Crippen LogP contribution in [0.3, 0.4) is 0 Å². The minimum Gasteiger partial charge on any atom is -0.378 e.